The van der Waals surface area contributed by atoms with Crippen molar-refractivity contribution in [2.24, 2.45) is 16.7 Å². The Bertz CT molecular complexity index is 235. The highest BCUT2D eigenvalue weighted by Gasteiger charge is 2.45. The van der Waals surface area contributed by atoms with Crippen LogP contribution in [0.1, 0.15) is 40.5 Å². The minimum absolute atomic E-state index is 0.541. The quantitative estimate of drug-likeness (QED) is 0.795. The predicted octanol–water partition coefficient (Wildman–Crippen LogP) is 3.15. The first-order chi connectivity index (χ1) is 6.89. The third kappa shape index (κ3) is 3.13. The van der Waals surface area contributed by atoms with Gasteiger partial charge < -0.3 is 5.32 Å². The number of rotatable bonds is 3. The summed E-state index contributed by atoms with van der Waals surface area (Å²) in [7, 11) is 0. The Labute approximate surface area is 98.8 Å². The Morgan fingerprint density at radius 1 is 1.20 bits per heavy atom. The average molecular weight is 227 g/mol. The van der Waals surface area contributed by atoms with Crippen molar-refractivity contribution in [2.45, 2.75) is 46.6 Å². The molecule has 0 radical (unpaired) electrons. The van der Waals surface area contributed by atoms with Gasteiger partial charge in [0.2, 0.25) is 0 Å². The molecule has 2 heteroatoms. The van der Waals surface area contributed by atoms with Crippen LogP contribution in [0.2, 0.25) is 0 Å². The Kier molecular flexibility index (Phi) is 3.11. The first-order valence-corrected chi connectivity index (χ1v) is 7.36. The molecule has 0 aromatic rings. The average Bonchev–Trinajstić information content (AvgIpc) is 2.69. The maximum atomic E-state index is 3.77. The first-order valence-electron chi connectivity index (χ1n) is 6.20. The normalized spacial score (nSPS) is 37.6. The molecule has 1 heterocycles. The molecule has 2 atom stereocenters. The summed E-state index contributed by atoms with van der Waals surface area (Å²) < 4.78 is 0. The molecule has 1 aliphatic heterocycles. The smallest absolute Gasteiger partial charge is 0.0163 e. The van der Waals surface area contributed by atoms with E-state index < -0.39 is 0 Å². The second-order valence-corrected chi connectivity index (χ2v) is 7.91. The zero-order chi connectivity index (χ0) is 11.1. The Balaban J connectivity index is 1.71. The molecule has 0 aromatic carbocycles. The van der Waals surface area contributed by atoms with Gasteiger partial charge in [-0.05, 0) is 41.9 Å². The first kappa shape index (κ1) is 11.8. The van der Waals surface area contributed by atoms with Crippen molar-refractivity contribution in [1.29, 1.82) is 0 Å². The largest absolute Gasteiger partial charge is 0.313 e. The summed E-state index contributed by atoms with van der Waals surface area (Å²) in [6, 6.07) is 0.759. The van der Waals surface area contributed by atoms with Crippen LogP contribution in [-0.4, -0.2) is 24.1 Å². The van der Waals surface area contributed by atoms with Crippen LogP contribution in [-0.2, 0) is 0 Å². The van der Waals surface area contributed by atoms with Gasteiger partial charge in [0.1, 0.15) is 0 Å². The standard InChI is InChI=1S/C13H25NS/c1-12(2)6-11(8-15-9-12)14-7-10-5-13(10,3)4/h10-11,14H,5-9H2,1-4H3. The van der Waals surface area contributed by atoms with Gasteiger partial charge in [0, 0.05) is 11.8 Å². The van der Waals surface area contributed by atoms with Gasteiger partial charge in [-0.3, -0.25) is 0 Å². The summed E-state index contributed by atoms with van der Waals surface area (Å²) in [5.41, 5.74) is 1.17. The van der Waals surface area contributed by atoms with Crippen molar-refractivity contribution in [1.82, 2.24) is 5.32 Å². The zero-order valence-electron chi connectivity index (χ0n) is 10.6. The van der Waals surface area contributed by atoms with Gasteiger partial charge in [0.15, 0.2) is 0 Å². The monoisotopic (exact) mass is 227 g/mol. The fourth-order valence-electron chi connectivity index (χ4n) is 2.63. The van der Waals surface area contributed by atoms with Crippen LogP contribution in [0.5, 0.6) is 0 Å². The summed E-state index contributed by atoms with van der Waals surface area (Å²) >= 11 is 2.12. The summed E-state index contributed by atoms with van der Waals surface area (Å²) in [6.07, 6.45) is 2.77. The maximum Gasteiger partial charge on any atom is 0.0163 e. The highest BCUT2D eigenvalue weighted by atomic mass is 32.2. The summed E-state index contributed by atoms with van der Waals surface area (Å²) in [5, 5.41) is 3.77. The molecule has 2 aliphatic rings. The van der Waals surface area contributed by atoms with Crippen LogP contribution in [0, 0.1) is 16.7 Å². The van der Waals surface area contributed by atoms with Gasteiger partial charge in [-0.25, -0.2) is 0 Å². The molecule has 0 amide bonds. The molecule has 1 N–H and O–H groups in total. The Hall–Kier alpha value is 0.310. The van der Waals surface area contributed by atoms with Gasteiger partial charge in [-0.2, -0.15) is 11.8 Å². The number of hydrogen-bond acceptors (Lipinski definition) is 2. The lowest BCUT2D eigenvalue weighted by Gasteiger charge is -2.35. The molecule has 1 saturated carbocycles. The van der Waals surface area contributed by atoms with E-state index in [0.29, 0.717) is 10.8 Å². The molecule has 1 nitrogen and oxygen atoms in total. The molecule has 88 valence electrons. The molecule has 0 aromatic heterocycles. The maximum absolute atomic E-state index is 3.77. The highest BCUT2D eigenvalue weighted by molar-refractivity contribution is 7.99. The van der Waals surface area contributed by atoms with Crippen molar-refractivity contribution in [2.75, 3.05) is 18.1 Å². The van der Waals surface area contributed by atoms with Crippen LogP contribution < -0.4 is 5.32 Å². The SMILES string of the molecule is CC1(C)CSCC(NCC2CC2(C)C)C1. The van der Waals surface area contributed by atoms with E-state index in [1.807, 2.05) is 0 Å². The van der Waals surface area contributed by atoms with E-state index in [1.165, 1.54) is 30.9 Å². The van der Waals surface area contributed by atoms with E-state index in [1.54, 1.807) is 0 Å². The summed E-state index contributed by atoms with van der Waals surface area (Å²) in [4.78, 5) is 0. The van der Waals surface area contributed by atoms with Crippen molar-refractivity contribution in [3.63, 3.8) is 0 Å². The van der Waals surface area contributed by atoms with Crippen LogP contribution in [0.25, 0.3) is 0 Å². The molecule has 2 unspecified atom stereocenters. The van der Waals surface area contributed by atoms with Crippen LogP contribution >= 0.6 is 11.8 Å². The Morgan fingerprint density at radius 3 is 2.40 bits per heavy atom. The molecule has 15 heavy (non-hydrogen) atoms. The number of nitrogens with one attached hydrogen (secondary N) is 1. The zero-order valence-corrected chi connectivity index (χ0v) is 11.4. The lowest BCUT2D eigenvalue weighted by atomic mass is 9.88. The van der Waals surface area contributed by atoms with E-state index in [2.05, 4.69) is 44.8 Å². The molecule has 0 bridgehead atoms. The van der Waals surface area contributed by atoms with Gasteiger partial charge in [0.25, 0.3) is 0 Å². The van der Waals surface area contributed by atoms with E-state index >= 15 is 0 Å². The summed E-state index contributed by atoms with van der Waals surface area (Å²) in [6.45, 7) is 10.8. The fraction of sp³-hybridized carbons (Fsp3) is 1.00. The van der Waals surface area contributed by atoms with Crippen LogP contribution in [0.4, 0.5) is 0 Å². The third-order valence-corrected chi connectivity index (χ3v) is 5.60. The predicted molar refractivity (Wildman–Crippen MR) is 69.4 cm³/mol. The van der Waals surface area contributed by atoms with Crippen LogP contribution in [0.15, 0.2) is 0 Å². The third-order valence-electron chi connectivity index (χ3n) is 3.98. The van der Waals surface area contributed by atoms with E-state index in [-0.39, 0.29) is 0 Å². The van der Waals surface area contributed by atoms with Crippen molar-refractivity contribution in [3.05, 3.63) is 0 Å². The minimum atomic E-state index is 0.541. The van der Waals surface area contributed by atoms with Gasteiger partial charge in [0.05, 0.1) is 0 Å². The second-order valence-electron chi connectivity index (χ2n) is 6.88. The van der Waals surface area contributed by atoms with E-state index in [9.17, 15) is 0 Å². The van der Waals surface area contributed by atoms with Crippen molar-refractivity contribution >= 4 is 11.8 Å². The van der Waals surface area contributed by atoms with Gasteiger partial charge in [-0.15, -0.1) is 0 Å². The number of hydrogen-bond donors (Lipinski definition) is 1. The summed E-state index contributed by atoms with van der Waals surface area (Å²) in [5.74, 6) is 3.59. The second kappa shape index (κ2) is 3.96. The van der Waals surface area contributed by atoms with Crippen molar-refractivity contribution < 1.29 is 0 Å². The molecule has 2 rings (SSSR count). The molecule has 0 spiro atoms. The number of thioether (sulfide) groups is 1. The van der Waals surface area contributed by atoms with E-state index in [4.69, 9.17) is 0 Å². The van der Waals surface area contributed by atoms with E-state index in [0.717, 1.165) is 12.0 Å². The molecule has 2 fully saturated rings. The minimum Gasteiger partial charge on any atom is -0.313 e. The molecule has 1 aliphatic carbocycles. The lowest BCUT2D eigenvalue weighted by Crippen LogP contribution is -2.41. The molecular formula is C13H25NS. The Morgan fingerprint density at radius 2 is 1.87 bits per heavy atom. The topological polar surface area (TPSA) is 12.0 Å². The van der Waals surface area contributed by atoms with Crippen molar-refractivity contribution in [3.8, 4) is 0 Å². The fourth-order valence-corrected chi connectivity index (χ4v) is 3.94. The lowest BCUT2D eigenvalue weighted by molar-refractivity contribution is 0.313. The van der Waals surface area contributed by atoms with Crippen LogP contribution in [0.3, 0.4) is 0 Å². The molecular weight excluding hydrogens is 202 g/mol. The highest BCUT2D eigenvalue weighted by Crippen LogP contribution is 2.51. The molecule has 1 saturated heterocycles. The van der Waals surface area contributed by atoms with Gasteiger partial charge in [-0.1, -0.05) is 27.7 Å². The van der Waals surface area contributed by atoms with Gasteiger partial charge >= 0.3 is 0 Å².